The molecule has 0 atom stereocenters. The van der Waals surface area contributed by atoms with Crippen LogP contribution >= 0.6 is 0 Å². The maximum atomic E-state index is 9.59. The number of ether oxygens (including phenoxy) is 3. The van der Waals surface area contributed by atoms with Gasteiger partial charge >= 0.3 is 11.9 Å². The summed E-state index contributed by atoms with van der Waals surface area (Å²) in [5.41, 5.74) is 0. The van der Waals surface area contributed by atoms with Gasteiger partial charge in [0.25, 0.3) is 0 Å². The van der Waals surface area contributed by atoms with Crippen LogP contribution in [0.4, 0.5) is 0 Å². The van der Waals surface area contributed by atoms with Gasteiger partial charge in [-0.3, -0.25) is 9.59 Å². The first-order valence-electron chi connectivity index (χ1n) is 4.45. The molecule has 0 heterocycles. The average Bonchev–Trinajstić information content (AvgIpc) is 2.22. The van der Waals surface area contributed by atoms with Crippen molar-refractivity contribution in [3.8, 4) is 0 Å². The third kappa shape index (κ3) is 182. The lowest BCUT2D eigenvalue weighted by Crippen LogP contribution is -1.88. The number of esters is 2. The molecular formula is C10H24O5. The zero-order chi connectivity index (χ0) is 13.3. The van der Waals surface area contributed by atoms with E-state index in [-0.39, 0.29) is 11.9 Å². The number of carbonyl (C=O) groups excluding carboxylic acids is 2. The molecule has 0 aliphatic carbocycles. The summed E-state index contributed by atoms with van der Waals surface area (Å²) < 4.78 is 12.5. The minimum Gasteiger partial charge on any atom is -0.469 e. The lowest BCUT2D eigenvalue weighted by Gasteiger charge is -1.80. The average molecular weight is 224 g/mol. The summed E-state index contributed by atoms with van der Waals surface area (Å²) in [6, 6.07) is 0. The van der Waals surface area contributed by atoms with E-state index < -0.39 is 0 Å². The largest absolute Gasteiger partial charge is 0.469 e. The van der Waals surface area contributed by atoms with E-state index in [4.69, 9.17) is 0 Å². The summed E-state index contributed by atoms with van der Waals surface area (Å²) >= 11 is 0. The van der Waals surface area contributed by atoms with Crippen molar-refractivity contribution in [1.82, 2.24) is 0 Å². The van der Waals surface area contributed by atoms with Crippen molar-refractivity contribution < 1.29 is 23.8 Å². The van der Waals surface area contributed by atoms with Gasteiger partial charge in [-0.2, -0.15) is 0 Å². The number of methoxy groups -OCH3 is 3. The third-order valence-corrected chi connectivity index (χ3v) is 0.575. The number of hydrogen-bond donors (Lipinski definition) is 0. The van der Waals surface area contributed by atoms with Gasteiger partial charge in [-0.15, -0.1) is 0 Å². The molecule has 0 saturated carbocycles. The molecule has 0 aromatic rings. The predicted octanol–water partition coefficient (Wildman–Crippen LogP) is 1.65. The highest BCUT2D eigenvalue weighted by Gasteiger charge is 1.76. The fourth-order valence-electron chi connectivity index (χ4n) is 0. The van der Waals surface area contributed by atoms with Crippen molar-refractivity contribution in [2.75, 3.05) is 28.4 Å². The van der Waals surface area contributed by atoms with Crippen LogP contribution < -0.4 is 0 Å². The van der Waals surface area contributed by atoms with Gasteiger partial charge in [-0.05, 0) is 0 Å². The van der Waals surface area contributed by atoms with Crippen molar-refractivity contribution in [3.63, 3.8) is 0 Å². The second kappa shape index (κ2) is 29.3. The molecule has 5 heteroatoms. The van der Waals surface area contributed by atoms with E-state index in [9.17, 15) is 9.59 Å². The summed E-state index contributed by atoms with van der Waals surface area (Å²) in [6.45, 7) is 6.72. The summed E-state index contributed by atoms with van der Waals surface area (Å²) in [6.07, 6.45) is 0. The summed E-state index contributed by atoms with van der Waals surface area (Å²) in [5, 5.41) is 0. The first kappa shape index (κ1) is 23.6. The van der Waals surface area contributed by atoms with Gasteiger partial charge in [0.2, 0.25) is 0 Å². The first-order valence-corrected chi connectivity index (χ1v) is 4.45. The Bertz CT molecular complexity index is 109. The van der Waals surface area contributed by atoms with E-state index in [2.05, 4.69) is 14.2 Å². The summed E-state index contributed by atoms with van der Waals surface area (Å²) in [4.78, 5) is 19.2. The molecule has 0 aromatic heterocycles. The van der Waals surface area contributed by atoms with E-state index in [1.165, 1.54) is 28.1 Å². The lowest BCUT2D eigenvalue weighted by atomic mass is 10.8. The van der Waals surface area contributed by atoms with Gasteiger partial charge < -0.3 is 14.2 Å². The van der Waals surface area contributed by atoms with Crippen LogP contribution in [0.2, 0.25) is 0 Å². The molecular weight excluding hydrogens is 200 g/mol. The summed E-state index contributed by atoms with van der Waals surface area (Å²) in [7, 11) is 5.95. The second-order valence-corrected chi connectivity index (χ2v) is 1.80. The minimum atomic E-state index is -0.245. The van der Waals surface area contributed by atoms with Gasteiger partial charge in [0, 0.05) is 28.1 Å². The van der Waals surface area contributed by atoms with Crippen LogP contribution in [-0.4, -0.2) is 40.4 Å². The SMILES string of the molecule is CC.COC.COC(C)=O.COC(C)=O. The van der Waals surface area contributed by atoms with Crippen molar-refractivity contribution in [2.45, 2.75) is 27.7 Å². The molecule has 0 spiro atoms. The molecule has 94 valence electrons. The Labute approximate surface area is 92.7 Å². The zero-order valence-electron chi connectivity index (χ0n) is 11.0. The highest BCUT2D eigenvalue weighted by Crippen LogP contribution is 1.60. The van der Waals surface area contributed by atoms with Crippen LogP contribution in [0.5, 0.6) is 0 Å². The lowest BCUT2D eigenvalue weighted by molar-refractivity contribution is -0.138. The number of carbonyl (C=O) groups is 2. The third-order valence-electron chi connectivity index (χ3n) is 0.575. The first-order chi connectivity index (χ1) is 6.95. The van der Waals surface area contributed by atoms with Crippen molar-refractivity contribution in [1.29, 1.82) is 0 Å². The molecule has 5 nitrogen and oxygen atoms in total. The number of hydrogen-bond acceptors (Lipinski definition) is 5. The molecule has 0 radical (unpaired) electrons. The standard InChI is InChI=1S/2C3H6O2.C2H6O.C2H6/c2*1-3(4)5-2;1-3-2;1-2/h2*1-2H3;1-2H3;1-2H3. The van der Waals surface area contributed by atoms with Crippen LogP contribution in [0.25, 0.3) is 0 Å². The molecule has 0 aliphatic heterocycles. The second-order valence-electron chi connectivity index (χ2n) is 1.80. The molecule has 0 fully saturated rings. The molecule has 0 saturated heterocycles. The molecule has 15 heavy (non-hydrogen) atoms. The molecule has 0 rings (SSSR count). The van der Waals surface area contributed by atoms with Crippen LogP contribution in [0, 0.1) is 0 Å². The Hall–Kier alpha value is -1.10. The van der Waals surface area contributed by atoms with E-state index in [1.807, 2.05) is 13.8 Å². The predicted molar refractivity (Wildman–Crippen MR) is 59.7 cm³/mol. The Morgan fingerprint density at radius 2 is 0.800 bits per heavy atom. The van der Waals surface area contributed by atoms with Gasteiger partial charge in [-0.25, -0.2) is 0 Å². The van der Waals surface area contributed by atoms with Crippen molar-refractivity contribution >= 4 is 11.9 Å². The van der Waals surface area contributed by atoms with Gasteiger partial charge in [0.1, 0.15) is 0 Å². The Balaban J connectivity index is -0.0000000574. The van der Waals surface area contributed by atoms with E-state index in [0.717, 1.165) is 0 Å². The highest BCUT2D eigenvalue weighted by molar-refractivity contribution is 5.65. The van der Waals surface area contributed by atoms with Crippen LogP contribution in [0.1, 0.15) is 27.7 Å². The van der Waals surface area contributed by atoms with Gasteiger partial charge in [0.15, 0.2) is 0 Å². The Morgan fingerprint density at radius 3 is 0.800 bits per heavy atom. The van der Waals surface area contributed by atoms with E-state index in [0.29, 0.717) is 0 Å². The quantitative estimate of drug-likeness (QED) is 0.585. The van der Waals surface area contributed by atoms with Crippen LogP contribution in [-0.2, 0) is 23.8 Å². The maximum absolute atomic E-state index is 9.59. The molecule has 0 N–H and O–H groups in total. The van der Waals surface area contributed by atoms with E-state index in [1.54, 1.807) is 14.2 Å². The van der Waals surface area contributed by atoms with Crippen LogP contribution in [0.3, 0.4) is 0 Å². The van der Waals surface area contributed by atoms with Crippen molar-refractivity contribution in [3.05, 3.63) is 0 Å². The van der Waals surface area contributed by atoms with Gasteiger partial charge in [-0.1, -0.05) is 13.8 Å². The topological polar surface area (TPSA) is 61.8 Å². The highest BCUT2D eigenvalue weighted by atomic mass is 16.5. The number of rotatable bonds is 0. The molecule has 0 aliphatic rings. The van der Waals surface area contributed by atoms with Gasteiger partial charge in [0.05, 0.1) is 14.2 Å². The molecule has 0 aromatic carbocycles. The van der Waals surface area contributed by atoms with Crippen molar-refractivity contribution in [2.24, 2.45) is 0 Å². The zero-order valence-corrected chi connectivity index (χ0v) is 11.0. The fraction of sp³-hybridized carbons (Fsp3) is 0.800. The summed E-state index contributed by atoms with van der Waals surface area (Å²) in [5.74, 6) is -0.491. The Kier molecular flexibility index (Phi) is 46.1. The Morgan fingerprint density at radius 1 is 0.733 bits per heavy atom. The monoisotopic (exact) mass is 224 g/mol. The maximum Gasteiger partial charge on any atom is 0.302 e. The molecule has 0 amide bonds. The normalized spacial score (nSPS) is 6.13. The fourth-order valence-corrected chi connectivity index (χ4v) is 0. The minimum absolute atomic E-state index is 0.245. The smallest absolute Gasteiger partial charge is 0.302 e. The van der Waals surface area contributed by atoms with Crippen LogP contribution in [0.15, 0.2) is 0 Å². The molecule has 0 bridgehead atoms. The van der Waals surface area contributed by atoms with E-state index >= 15 is 0 Å². The molecule has 0 unspecified atom stereocenters.